The second kappa shape index (κ2) is 7.75. The first-order valence-electron chi connectivity index (χ1n) is 10.2. The van der Waals surface area contributed by atoms with Crippen LogP contribution >= 0.6 is 0 Å². The minimum absolute atomic E-state index is 0.138. The zero-order chi connectivity index (χ0) is 21.4. The summed E-state index contributed by atoms with van der Waals surface area (Å²) in [7, 11) is 1.60. The van der Waals surface area contributed by atoms with Crippen molar-refractivity contribution in [3.63, 3.8) is 0 Å². The van der Waals surface area contributed by atoms with Crippen molar-refractivity contribution in [3.05, 3.63) is 82.3 Å². The summed E-state index contributed by atoms with van der Waals surface area (Å²) in [6.45, 7) is 0. The molecule has 156 valence electrons. The third-order valence-corrected chi connectivity index (χ3v) is 5.43. The van der Waals surface area contributed by atoms with E-state index in [-0.39, 0.29) is 17.8 Å². The lowest BCUT2D eigenvalue weighted by Crippen LogP contribution is -2.26. The second-order valence-electron chi connectivity index (χ2n) is 7.69. The molecule has 1 aliphatic carbocycles. The van der Waals surface area contributed by atoms with E-state index in [0.717, 1.165) is 35.4 Å². The minimum atomic E-state index is -0.191. The fourth-order valence-electron chi connectivity index (χ4n) is 3.65. The van der Waals surface area contributed by atoms with Crippen molar-refractivity contribution < 1.29 is 13.9 Å². The smallest absolute Gasteiger partial charge is 0.244 e. The number of aromatic nitrogens is 2. The number of rotatable bonds is 6. The average molecular weight is 415 g/mol. The van der Waals surface area contributed by atoms with Crippen LogP contribution in [-0.2, 0) is 11.2 Å². The molecule has 1 fully saturated rings. The molecule has 1 aliphatic rings. The summed E-state index contributed by atoms with van der Waals surface area (Å²) in [5.74, 6) is 1.50. The van der Waals surface area contributed by atoms with Gasteiger partial charge < -0.3 is 9.15 Å². The maximum atomic E-state index is 12.7. The van der Waals surface area contributed by atoms with E-state index in [2.05, 4.69) is 10.5 Å². The first-order valence-corrected chi connectivity index (χ1v) is 10.2. The van der Waals surface area contributed by atoms with Crippen molar-refractivity contribution in [2.75, 3.05) is 12.5 Å². The molecule has 0 saturated heterocycles. The third kappa shape index (κ3) is 3.94. The van der Waals surface area contributed by atoms with Crippen LogP contribution in [0.15, 0.2) is 70.0 Å². The largest absolute Gasteiger partial charge is 0.497 e. The molecule has 7 nitrogen and oxygen atoms in total. The standard InChI is InChI=1S/C24H21N3O4/c1-30-18-7-5-17(6-8-18)23-14-21(28)19-12-15(2-9-22(19)31-23)13-24(29)26-27-20(10-11-25-27)16-3-4-16/h2,5-12,14,16H,3-4,13H2,1H3,(H,26,29). The van der Waals surface area contributed by atoms with E-state index in [4.69, 9.17) is 9.15 Å². The monoisotopic (exact) mass is 415 g/mol. The summed E-state index contributed by atoms with van der Waals surface area (Å²) in [6, 6.07) is 16.0. The van der Waals surface area contributed by atoms with Crippen LogP contribution in [0.1, 0.15) is 30.0 Å². The van der Waals surface area contributed by atoms with Gasteiger partial charge in [-0.3, -0.25) is 9.59 Å². The Balaban J connectivity index is 1.37. The second-order valence-corrected chi connectivity index (χ2v) is 7.69. The summed E-state index contributed by atoms with van der Waals surface area (Å²) < 4.78 is 11.1. The summed E-state index contributed by atoms with van der Waals surface area (Å²) >= 11 is 0. The maximum Gasteiger partial charge on any atom is 0.244 e. The van der Waals surface area contributed by atoms with E-state index in [0.29, 0.717) is 22.6 Å². The van der Waals surface area contributed by atoms with E-state index < -0.39 is 0 Å². The molecule has 0 atom stereocenters. The molecule has 4 aromatic rings. The first kappa shape index (κ1) is 19.1. The molecular formula is C24H21N3O4. The van der Waals surface area contributed by atoms with Gasteiger partial charge in [-0.2, -0.15) is 9.89 Å². The van der Waals surface area contributed by atoms with E-state index >= 15 is 0 Å². The van der Waals surface area contributed by atoms with E-state index in [1.54, 1.807) is 36.3 Å². The normalized spacial score (nSPS) is 13.3. The quantitative estimate of drug-likeness (QED) is 0.517. The van der Waals surface area contributed by atoms with Gasteiger partial charge in [0, 0.05) is 17.5 Å². The Morgan fingerprint density at radius 3 is 2.71 bits per heavy atom. The zero-order valence-electron chi connectivity index (χ0n) is 17.0. The van der Waals surface area contributed by atoms with Crippen molar-refractivity contribution in [1.29, 1.82) is 0 Å². The van der Waals surface area contributed by atoms with Crippen molar-refractivity contribution >= 4 is 16.9 Å². The number of hydrogen-bond donors (Lipinski definition) is 1. The van der Waals surface area contributed by atoms with Crippen LogP contribution in [0.25, 0.3) is 22.3 Å². The van der Waals surface area contributed by atoms with Crippen LogP contribution in [0.4, 0.5) is 0 Å². The number of nitrogens with zero attached hydrogens (tertiary/aromatic N) is 2. The molecule has 2 aromatic carbocycles. The number of hydrogen-bond acceptors (Lipinski definition) is 5. The maximum absolute atomic E-state index is 12.7. The predicted octanol–water partition coefficient (Wildman–Crippen LogP) is 3.86. The van der Waals surface area contributed by atoms with Crippen molar-refractivity contribution in [1.82, 2.24) is 9.89 Å². The van der Waals surface area contributed by atoms with Gasteiger partial charge in [0.05, 0.1) is 30.8 Å². The number of carbonyl (C=O) groups is 1. The molecule has 0 spiro atoms. The highest BCUT2D eigenvalue weighted by molar-refractivity contribution is 5.87. The molecule has 1 amide bonds. The number of methoxy groups -OCH3 is 1. The van der Waals surface area contributed by atoms with Gasteiger partial charge >= 0.3 is 0 Å². The van der Waals surface area contributed by atoms with Gasteiger partial charge in [-0.15, -0.1) is 0 Å². The fourth-order valence-corrected chi connectivity index (χ4v) is 3.65. The van der Waals surface area contributed by atoms with E-state index in [9.17, 15) is 9.59 Å². The number of ether oxygens (including phenoxy) is 1. The Morgan fingerprint density at radius 1 is 1.16 bits per heavy atom. The summed E-state index contributed by atoms with van der Waals surface area (Å²) in [6.07, 6.45) is 4.08. The summed E-state index contributed by atoms with van der Waals surface area (Å²) in [5, 5.41) is 4.63. The average Bonchev–Trinajstić information content (AvgIpc) is 3.53. The van der Waals surface area contributed by atoms with E-state index in [1.165, 1.54) is 6.07 Å². The molecule has 7 heteroatoms. The Kier molecular flexibility index (Phi) is 4.78. The van der Waals surface area contributed by atoms with Gasteiger partial charge in [0.1, 0.15) is 17.1 Å². The molecule has 5 rings (SSSR count). The minimum Gasteiger partial charge on any atom is -0.497 e. The zero-order valence-corrected chi connectivity index (χ0v) is 17.0. The molecule has 1 N–H and O–H groups in total. The van der Waals surface area contributed by atoms with Gasteiger partial charge in [-0.1, -0.05) is 6.07 Å². The van der Waals surface area contributed by atoms with Crippen LogP contribution in [0.3, 0.4) is 0 Å². The summed E-state index contributed by atoms with van der Waals surface area (Å²) in [4.78, 5) is 26.8. The summed E-state index contributed by atoms with van der Waals surface area (Å²) in [5.41, 5.74) is 5.68. The van der Waals surface area contributed by atoms with Crippen LogP contribution < -0.4 is 15.6 Å². The van der Waals surface area contributed by atoms with Gasteiger partial charge in [0.25, 0.3) is 0 Å². The molecule has 0 aliphatic heterocycles. The van der Waals surface area contributed by atoms with Crippen LogP contribution in [0.2, 0.25) is 0 Å². The number of amides is 1. The topological polar surface area (TPSA) is 86.4 Å². The lowest BCUT2D eigenvalue weighted by Gasteiger charge is -2.09. The highest BCUT2D eigenvalue weighted by Crippen LogP contribution is 2.39. The molecule has 31 heavy (non-hydrogen) atoms. The highest BCUT2D eigenvalue weighted by Gasteiger charge is 2.27. The van der Waals surface area contributed by atoms with Gasteiger partial charge in [-0.25, -0.2) is 5.43 Å². The molecule has 1 saturated carbocycles. The Hall–Kier alpha value is -3.87. The fraction of sp³-hybridized carbons (Fsp3) is 0.208. The molecule has 2 heterocycles. The number of nitrogens with one attached hydrogen (secondary N) is 1. The molecule has 2 aromatic heterocycles. The lowest BCUT2D eigenvalue weighted by atomic mass is 10.1. The Bertz CT molecular complexity index is 1320. The van der Waals surface area contributed by atoms with E-state index in [1.807, 2.05) is 30.3 Å². The first-order chi connectivity index (χ1) is 15.1. The van der Waals surface area contributed by atoms with Gasteiger partial charge in [-0.05, 0) is 60.9 Å². The SMILES string of the molecule is COc1ccc(-c2cc(=O)c3cc(CC(=O)Nn4nccc4C4CC4)ccc3o2)cc1. The number of carbonyl (C=O) groups excluding carboxylic acids is 1. The highest BCUT2D eigenvalue weighted by atomic mass is 16.5. The molecular weight excluding hydrogens is 394 g/mol. The van der Waals surface area contributed by atoms with Crippen LogP contribution in [0, 0.1) is 0 Å². The predicted molar refractivity (Wildman–Crippen MR) is 117 cm³/mol. The molecule has 0 bridgehead atoms. The van der Waals surface area contributed by atoms with Crippen molar-refractivity contribution in [2.24, 2.45) is 0 Å². The van der Waals surface area contributed by atoms with Gasteiger partial charge in [0.2, 0.25) is 5.91 Å². The van der Waals surface area contributed by atoms with Crippen molar-refractivity contribution in [3.8, 4) is 17.1 Å². The Morgan fingerprint density at radius 2 is 1.97 bits per heavy atom. The molecule has 0 radical (unpaired) electrons. The van der Waals surface area contributed by atoms with Crippen molar-refractivity contribution in [2.45, 2.75) is 25.2 Å². The number of benzene rings is 2. The third-order valence-electron chi connectivity index (χ3n) is 5.43. The lowest BCUT2D eigenvalue weighted by molar-refractivity contribution is -0.116. The van der Waals surface area contributed by atoms with Crippen LogP contribution in [0.5, 0.6) is 5.75 Å². The van der Waals surface area contributed by atoms with Gasteiger partial charge in [0.15, 0.2) is 5.43 Å². The molecule has 0 unspecified atom stereocenters. The Labute approximate surface area is 178 Å². The number of fused-ring (bicyclic) bond motifs is 1. The van der Waals surface area contributed by atoms with Crippen LogP contribution in [-0.4, -0.2) is 22.9 Å².